The van der Waals surface area contributed by atoms with Crippen molar-refractivity contribution in [3.05, 3.63) is 24.3 Å². The quantitative estimate of drug-likeness (QED) is 0.654. The minimum Gasteiger partial charge on any atom is -0.495 e. The van der Waals surface area contributed by atoms with Gasteiger partial charge in [-0.2, -0.15) is 5.26 Å². The molecule has 1 aromatic heterocycles. The Hall–Kier alpha value is -2.31. The first-order chi connectivity index (χ1) is 13.5. The Morgan fingerprint density at radius 3 is 2.79 bits per heavy atom. The van der Waals surface area contributed by atoms with Crippen molar-refractivity contribution in [2.45, 2.75) is 54.2 Å². The van der Waals surface area contributed by atoms with Gasteiger partial charge in [-0.1, -0.05) is 54.5 Å². The third-order valence-corrected chi connectivity index (χ3v) is 6.71. The summed E-state index contributed by atoms with van der Waals surface area (Å²) in [6.07, 6.45) is 4.51. The van der Waals surface area contributed by atoms with E-state index in [4.69, 9.17) is 4.74 Å². The smallest absolute Gasteiger partial charge is 0.234 e. The molecule has 1 aromatic carbocycles. The van der Waals surface area contributed by atoms with Crippen LogP contribution in [-0.4, -0.2) is 34.0 Å². The number of nitrogens with one attached hydrogen (secondary N) is 2. The summed E-state index contributed by atoms with van der Waals surface area (Å²) in [7, 11) is 1.61. The van der Waals surface area contributed by atoms with E-state index >= 15 is 0 Å². The first-order valence-electron chi connectivity index (χ1n) is 9.19. The second kappa shape index (κ2) is 9.26. The van der Waals surface area contributed by atoms with Crippen LogP contribution >= 0.6 is 23.1 Å². The molecule has 0 radical (unpaired) electrons. The molecular formula is C19H23N5O2S2. The minimum atomic E-state index is -0.720. The van der Waals surface area contributed by atoms with Gasteiger partial charge in [-0.3, -0.25) is 4.79 Å². The molecule has 2 N–H and O–H groups in total. The first-order valence-corrected chi connectivity index (χ1v) is 10.9. The van der Waals surface area contributed by atoms with Crippen LogP contribution in [0.25, 0.3) is 0 Å². The third-order valence-electron chi connectivity index (χ3n) is 4.69. The number of nitrogens with zero attached hydrogens (tertiary/aromatic N) is 3. The number of para-hydroxylation sites is 2. The standard InChI is InChI=1S/C19H23N5O2S2/c1-13(16(25)22-19(12-20)10-6-3-7-11-19)27-18-24-23-17(28-18)21-14-8-4-5-9-15(14)26-2/h4-5,8-9,13H,3,6-7,10-11H2,1-2H3,(H,21,23)(H,22,25)/t13-/m0/s1. The number of nitriles is 1. The van der Waals surface area contributed by atoms with E-state index in [0.29, 0.717) is 15.2 Å². The fraction of sp³-hybridized carbons (Fsp3) is 0.474. The monoisotopic (exact) mass is 417 g/mol. The highest BCUT2D eigenvalue weighted by Gasteiger charge is 2.35. The Bertz CT molecular complexity index is 858. The van der Waals surface area contributed by atoms with Crippen LogP contribution in [0.4, 0.5) is 10.8 Å². The van der Waals surface area contributed by atoms with E-state index in [2.05, 4.69) is 26.9 Å². The summed E-state index contributed by atoms with van der Waals surface area (Å²) < 4.78 is 6.01. The van der Waals surface area contributed by atoms with E-state index in [0.717, 1.165) is 37.8 Å². The highest BCUT2D eigenvalue weighted by Crippen LogP contribution is 2.34. The number of anilines is 2. The van der Waals surface area contributed by atoms with Crippen molar-refractivity contribution in [1.82, 2.24) is 15.5 Å². The van der Waals surface area contributed by atoms with E-state index < -0.39 is 5.54 Å². The van der Waals surface area contributed by atoms with E-state index in [9.17, 15) is 10.1 Å². The molecule has 3 rings (SSSR count). The topological polar surface area (TPSA) is 99.9 Å². The number of thioether (sulfide) groups is 1. The molecule has 1 fully saturated rings. The summed E-state index contributed by atoms with van der Waals surface area (Å²) in [5.74, 6) is 0.580. The van der Waals surface area contributed by atoms with Gasteiger partial charge < -0.3 is 15.4 Å². The lowest BCUT2D eigenvalue weighted by atomic mass is 9.83. The molecule has 1 amide bonds. The summed E-state index contributed by atoms with van der Waals surface area (Å²) in [6, 6.07) is 9.88. The molecule has 1 saturated carbocycles. The van der Waals surface area contributed by atoms with Crippen molar-refractivity contribution in [2.75, 3.05) is 12.4 Å². The molecule has 1 heterocycles. The Morgan fingerprint density at radius 2 is 2.07 bits per heavy atom. The van der Waals surface area contributed by atoms with E-state index in [1.54, 1.807) is 7.11 Å². The lowest BCUT2D eigenvalue weighted by Gasteiger charge is -2.32. The zero-order chi connectivity index (χ0) is 20.0. The Balaban J connectivity index is 1.59. The molecule has 0 saturated heterocycles. The van der Waals surface area contributed by atoms with Gasteiger partial charge in [0.15, 0.2) is 4.34 Å². The summed E-state index contributed by atoms with van der Waals surface area (Å²) in [5.41, 5.74) is 0.0822. The van der Waals surface area contributed by atoms with Gasteiger partial charge in [0.2, 0.25) is 11.0 Å². The molecule has 0 spiro atoms. The maximum Gasteiger partial charge on any atom is 0.234 e. The van der Waals surface area contributed by atoms with Gasteiger partial charge in [-0.15, -0.1) is 10.2 Å². The molecule has 148 valence electrons. The summed E-state index contributed by atoms with van der Waals surface area (Å²) in [5, 5.41) is 24.3. The van der Waals surface area contributed by atoms with Crippen LogP contribution in [0.5, 0.6) is 5.75 Å². The molecular weight excluding hydrogens is 394 g/mol. The molecule has 0 aliphatic heterocycles. The maximum absolute atomic E-state index is 12.6. The van der Waals surface area contributed by atoms with Crippen LogP contribution in [0.1, 0.15) is 39.0 Å². The van der Waals surface area contributed by atoms with Crippen molar-refractivity contribution in [1.29, 1.82) is 5.26 Å². The van der Waals surface area contributed by atoms with E-state index in [1.165, 1.54) is 23.1 Å². The molecule has 0 unspecified atom stereocenters. The number of carbonyl (C=O) groups is 1. The first kappa shape index (κ1) is 20.4. The SMILES string of the molecule is COc1ccccc1Nc1nnc(S[C@@H](C)C(=O)NC2(C#N)CCCCC2)s1. The molecule has 28 heavy (non-hydrogen) atoms. The number of ether oxygens (including phenoxy) is 1. The van der Waals surface area contributed by atoms with E-state index in [1.807, 2.05) is 31.2 Å². The third kappa shape index (κ3) is 4.94. The average molecular weight is 418 g/mol. The molecule has 2 aromatic rings. The fourth-order valence-corrected chi connectivity index (χ4v) is 5.04. The molecule has 0 bridgehead atoms. The van der Waals surface area contributed by atoms with Crippen molar-refractivity contribution >= 4 is 39.8 Å². The predicted octanol–water partition coefficient (Wildman–Crippen LogP) is 4.11. The van der Waals surface area contributed by atoms with Gasteiger partial charge in [0.1, 0.15) is 11.3 Å². The Morgan fingerprint density at radius 1 is 1.32 bits per heavy atom. The predicted molar refractivity (Wildman–Crippen MR) is 111 cm³/mol. The van der Waals surface area contributed by atoms with Gasteiger partial charge in [0, 0.05) is 0 Å². The van der Waals surface area contributed by atoms with Crippen LogP contribution in [-0.2, 0) is 4.79 Å². The van der Waals surface area contributed by atoms with Crippen molar-refractivity contribution in [3.8, 4) is 11.8 Å². The van der Waals surface area contributed by atoms with Gasteiger partial charge in [0.25, 0.3) is 0 Å². The van der Waals surface area contributed by atoms with Crippen LogP contribution in [0.15, 0.2) is 28.6 Å². The van der Waals surface area contributed by atoms with Gasteiger partial charge in [-0.25, -0.2) is 0 Å². The number of benzene rings is 1. The molecule has 1 atom stereocenters. The van der Waals surface area contributed by atoms with Crippen LogP contribution in [0.2, 0.25) is 0 Å². The highest BCUT2D eigenvalue weighted by atomic mass is 32.2. The summed E-state index contributed by atoms with van der Waals surface area (Å²) in [4.78, 5) is 12.6. The maximum atomic E-state index is 12.6. The largest absolute Gasteiger partial charge is 0.495 e. The van der Waals surface area contributed by atoms with Crippen molar-refractivity contribution < 1.29 is 9.53 Å². The summed E-state index contributed by atoms with van der Waals surface area (Å²) in [6.45, 7) is 1.82. The number of aromatic nitrogens is 2. The number of rotatable bonds is 7. The Kier molecular flexibility index (Phi) is 6.75. The molecule has 7 nitrogen and oxygen atoms in total. The lowest BCUT2D eigenvalue weighted by molar-refractivity contribution is -0.121. The second-order valence-electron chi connectivity index (χ2n) is 6.70. The van der Waals surface area contributed by atoms with Crippen LogP contribution < -0.4 is 15.4 Å². The number of methoxy groups -OCH3 is 1. The molecule has 9 heteroatoms. The molecule has 1 aliphatic rings. The number of carbonyl (C=O) groups excluding carboxylic acids is 1. The fourth-order valence-electron chi connectivity index (χ4n) is 3.13. The highest BCUT2D eigenvalue weighted by molar-refractivity contribution is 8.02. The van der Waals surface area contributed by atoms with Gasteiger partial charge in [0.05, 0.1) is 24.1 Å². The van der Waals surface area contributed by atoms with Crippen molar-refractivity contribution in [2.24, 2.45) is 0 Å². The second-order valence-corrected chi connectivity index (χ2v) is 9.27. The number of hydrogen-bond acceptors (Lipinski definition) is 8. The van der Waals surface area contributed by atoms with Gasteiger partial charge in [-0.05, 0) is 31.9 Å². The normalized spacial score (nSPS) is 16.6. The molecule has 1 aliphatic carbocycles. The van der Waals surface area contributed by atoms with E-state index in [-0.39, 0.29) is 11.2 Å². The van der Waals surface area contributed by atoms with Crippen molar-refractivity contribution in [3.63, 3.8) is 0 Å². The van der Waals surface area contributed by atoms with Crippen LogP contribution in [0.3, 0.4) is 0 Å². The average Bonchev–Trinajstić information content (AvgIpc) is 3.15. The van der Waals surface area contributed by atoms with Crippen LogP contribution in [0, 0.1) is 11.3 Å². The number of hydrogen-bond donors (Lipinski definition) is 2. The zero-order valence-corrected chi connectivity index (χ0v) is 17.5. The summed E-state index contributed by atoms with van der Waals surface area (Å²) >= 11 is 2.72. The zero-order valence-electron chi connectivity index (χ0n) is 15.9. The Labute approximate surface area is 172 Å². The number of amides is 1. The minimum absolute atomic E-state index is 0.136. The van der Waals surface area contributed by atoms with Gasteiger partial charge >= 0.3 is 0 Å². The lowest BCUT2D eigenvalue weighted by Crippen LogP contribution is -2.50.